The van der Waals surface area contributed by atoms with Crippen molar-refractivity contribution in [1.29, 1.82) is 0 Å². The van der Waals surface area contributed by atoms with Gasteiger partial charge in [-0.1, -0.05) is 26.0 Å². The van der Waals surface area contributed by atoms with Gasteiger partial charge in [0.25, 0.3) is 0 Å². The Labute approximate surface area is 157 Å². The highest BCUT2D eigenvalue weighted by molar-refractivity contribution is 5.91. The number of fused-ring (bicyclic) bond motifs is 1. The van der Waals surface area contributed by atoms with Gasteiger partial charge < -0.3 is 15.7 Å². The number of para-hydroxylation sites is 1. The molecular formula is C21H23FN4O. The van der Waals surface area contributed by atoms with Crippen molar-refractivity contribution in [3.05, 3.63) is 48.3 Å². The number of aromatic nitrogens is 2. The van der Waals surface area contributed by atoms with Crippen LogP contribution in [0.1, 0.15) is 13.8 Å². The number of anilines is 1. The topological polar surface area (TPSA) is 70.1 Å². The van der Waals surface area contributed by atoms with E-state index < -0.39 is 5.82 Å². The van der Waals surface area contributed by atoms with Gasteiger partial charge in [-0.15, -0.1) is 0 Å². The number of phenols is 1. The van der Waals surface area contributed by atoms with Crippen LogP contribution in [0.3, 0.4) is 0 Å². The van der Waals surface area contributed by atoms with Crippen molar-refractivity contribution in [2.45, 2.75) is 19.9 Å². The van der Waals surface area contributed by atoms with E-state index >= 15 is 0 Å². The summed E-state index contributed by atoms with van der Waals surface area (Å²) in [6.07, 6.45) is 0. The van der Waals surface area contributed by atoms with Crippen molar-refractivity contribution in [2.75, 3.05) is 18.4 Å². The summed E-state index contributed by atoms with van der Waals surface area (Å²) in [4.78, 5) is 9.20. The van der Waals surface area contributed by atoms with Gasteiger partial charge in [0.05, 0.1) is 11.1 Å². The van der Waals surface area contributed by atoms with Gasteiger partial charge in [-0.2, -0.15) is 0 Å². The molecule has 2 atom stereocenters. The lowest BCUT2D eigenvalue weighted by atomic mass is 9.91. The molecule has 0 aliphatic carbocycles. The van der Waals surface area contributed by atoms with E-state index in [-0.39, 0.29) is 17.4 Å². The molecule has 27 heavy (non-hydrogen) atoms. The number of hydrogen-bond acceptors (Lipinski definition) is 5. The maximum atomic E-state index is 13.7. The maximum Gasteiger partial charge on any atom is 0.165 e. The molecule has 6 heteroatoms. The smallest absolute Gasteiger partial charge is 0.165 e. The first-order valence-electron chi connectivity index (χ1n) is 9.26. The molecule has 3 aromatic rings. The molecule has 0 radical (unpaired) electrons. The summed E-state index contributed by atoms with van der Waals surface area (Å²) < 4.78 is 13.7. The second-order valence-electron chi connectivity index (χ2n) is 7.39. The minimum Gasteiger partial charge on any atom is -0.507 e. The van der Waals surface area contributed by atoms with Crippen LogP contribution in [0.25, 0.3) is 22.3 Å². The second-order valence-corrected chi connectivity index (χ2v) is 7.39. The Morgan fingerprint density at radius 1 is 1.15 bits per heavy atom. The Balaban J connectivity index is 1.81. The molecule has 2 aromatic carbocycles. The molecule has 1 fully saturated rings. The molecule has 1 aliphatic heterocycles. The Kier molecular flexibility index (Phi) is 4.66. The first-order chi connectivity index (χ1) is 13.0. The molecule has 0 amide bonds. The van der Waals surface area contributed by atoms with E-state index in [1.807, 2.05) is 24.3 Å². The summed E-state index contributed by atoms with van der Waals surface area (Å²) >= 11 is 0. The number of aromatic hydroxyl groups is 1. The SMILES string of the molecule is CC(C)[C@@H]1CNC[C@H]1Nc1nc(-c2cc(F)ccc2O)nc2ccccc12. The largest absolute Gasteiger partial charge is 0.507 e. The van der Waals surface area contributed by atoms with Gasteiger partial charge >= 0.3 is 0 Å². The Morgan fingerprint density at radius 3 is 2.78 bits per heavy atom. The maximum absolute atomic E-state index is 13.7. The highest BCUT2D eigenvalue weighted by atomic mass is 19.1. The Morgan fingerprint density at radius 2 is 1.96 bits per heavy atom. The summed E-state index contributed by atoms with van der Waals surface area (Å²) in [6, 6.07) is 11.8. The predicted molar refractivity (Wildman–Crippen MR) is 105 cm³/mol. The lowest BCUT2D eigenvalue weighted by molar-refractivity contribution is 0.394. The van der Waals surface area contributed by atoms with Gasteiger partial charge in [-0.3, -0.25) is 0 Å². The quantitative estimate of drug-likeness (QED) is 0.655. The van der Waals surface area contributed by atoms with Crippen LogP contribution in [0.2, 0.25) is 0 Å². The van der Waals surface area contributed by atoms with E-state index in [4.69, 9.17) is 0 Å². The number of nitrogens with one attached hydrogen (secondary N) is 2. The third-order valence-corrected chi connectivity index (χ3v) is 5.24. The number of rotatable bonds is 4. The second kappa shape index (κ2) is 7.12. The van der Waals surface area contributed by atoms with Gasteiger partial charge in [-0.05, 0) is 42.2 Å². The Bertz CT molecular complexity index is 976. The number of halogens is 1. The standard InChI is InChI=1S/C21H23FN4O/c1-12(2)16-10-23-11-18(16)25-20-14-5-3-4-6-17(14)24-21(26-20)15-9-13(22)7-8-19(15)27/h3-9,12,16,18,23,27H,10-11H2,1-2H3,(H,24,25,26)/t16-,18+/m0/s1. The number of hydrogen-bond donors (Lipinski definition) is 3. The molecule has 0 saturated carbocycles. The van der Waals surface area contributed by atoms with Crippen LogP contribution in [0.5, 0.6) is 5.75 Å². The third-order valence-electron chi connectivity index (χ3n) is 5.24. The first kappa shape index (κ1) is 17.7. The van der Waals surface area contributed by atoms with E-state index in [2.05, 4.69) is 34.4 Å². The summed E-state index contributed by atoms with van der Waals surface area (Å²) in [7, 11) is 0. The fourth-order valence-corrected chi connectivity index (χ4v) is 3.73. The van der Waals surface area contributed by atoms with Gasteiger partial charge in [0, 0.05) is 24.5 Å². The summed E-state index contributed by atoms with van der Waals surface area (Å²) in [5.41, 5.74) is 1.04. The lowest BCUT2D eigenvalue weighted by Crippen LogP contribution is -2.31. The molecule has 140 valence electrons. The molecule has 1 saturated heterocycles. The van der Waals surface area contributed by atoms with Crippen LogP contribution < -0.4 is 10.6 Å². The fourth-order valence-electron chi connectivity index (χ4n) is 3.73. The van der Waals surface area contributed by atoms with Crippen LogP contribution >= 0.6 is 0 Å². The fraction of sp³-hybridized carbons (Fsp3) is 0.333. The number of benzene rings is 2. The monoisotopic (exact) mass is 366 g/mol. The minimum atomic E-state index is -0.436. The van der Waals surface area contributed by atoms with Crippen LogP contribution in [0.15, 0.2) is 42.5 Å². The van der Waals surface area contributed by atoms with Crippen LogP contribution in [-0.2, 0) is 0 Å². The summed E-state index contributed by atoms with van der Waals surface area (Å²) in [5.74, 6) is 1.56. The molecule has 1 aliphatic rings. The summed E-state index contributed by atoms with van der Waals surface area (Å²) in [6.45, 7) is 6.28. The minimum absolute atomic E-state index is 0.0415. The zero-order valence-electron chi connectivity index (χ0n) is 15.4. The van der Waals surface area contributed by atoms with E-state index in [1.165, 1.54) is 18.2 Å². The molecule has 0 unspecified atom stereocenters. The van der Waals surface area contributed by atoms with Gasteiger partial charge in [0.2, 0.25) is 0 Å². The van der Waals surface area contributed by atoms with E-state index in [0.717, 1.165) is 24.0 Å². The van der Waals surface area contributed by atoms with Crippen molar-refractivity contribution in [2.24, 2.45) is 11.8 Å². The van der Waals surface area contributed by atoms with Crippen LogP contribution in [0, 0.1) is 17.7 Å². The highest BCUT2D eigenvalue weighted by Crippen LogP contribution is 2.32. The first-order valence-corrected chi connectivity index (χ1v) is 9.26. The average Bonchev–Trinajstić information content (AvgIpc) is 3.12. The van der Waals surface area contributed by atoms with Crippen molar-refractivity contribution in [3.63, 3.8) is 0 Å². The molecule has 3 N–H and O–H groups in total. The van der Waals surface area contributed by atoms with Crippen molar-refractivity contribution >= 4 is 16.7 Å². The van der Waals surface area contributed by atoms with Crippen LogP contribution in [-0.4, -0.2) is 34.2 Å². The molecule has 4 rings (SSSR count). The van der Waals surface area contributed by atoms with E-state index in [1.54, 1.807) is 0 Å². The molecule has 0 bridgehead atoms. The summed E-state index contributed by atoms with van der Waals surface area (Å²) in [5, 5.41) is 18.1. The van der Waals surface area contributed by atoms with Gasteiger partial charge in [0.15, 0.2) is 5.82 Å². The average molecular weight is 366 g/mol. The number of phenolic OH excluding ortho intramolecular Hbond substituents is 1. The van der Waals surface area contributed by atoms with Crippen molar-refractivity contribution in [1.82, 2.24) is 15.3 Å². The van der Waals surface area contributed by atoms with Crippen LogP contribution in [0.4, 0.5) is 10.2 Å². The van der Waals surface area contributed by atoms with Gasteiger partial charge in [0.1, 0.15) is 17.4 Å². The molecule has 1 aromatic heterocycles. The molecular weight excluding hydrogens is 343 g/mol. The third kappa shape index (κ3) is 3.45. The van der Waals surface area contributed by atoms with Gasteiger partial charge in [-0.25, -0.2) is 14.4 Å². The molecule has 5 nitrogen and oxygen atoms in total. The zero-order valence-corrected chi connectivity index (χ0v) is 15.4. The molecule has 0 spiro atoms. The van der Waals surface area contributed by atoms with E-state index in [9.17, 15) is 9.50 Å². The normalized spacial score (nSPS) is 19.7. The Hall–Kier alpha value is -2.73. The predicted octanol–water partition coefficient (Wildman–Crippen LogP) is 3.80. The highest BCUT2D eigenvalue weighted by Gasteiger charge is 2.30. The van der Waals surface area contributed by atoms with E-state index in [0.29, 0.717) is 23.5 Å². The van der Waals surface area contributed by atoms with Crippen molar-refractivity contribution < 1.29 is 9.50 Å². The lowest BCUT2D eigenvalue weighted by Gasteiger charge is -2.24. The number of nitrogens with zero attached hydrogens (tertiary/aromatic N) is 2. The zero-order chi connectivity index (χ0) is 19.0. The van der Waals surface area contributed by atoms with Crippen molar-refractivity contribution in [3.8, 4) is 17.1 Å². The molecule has 2 heterocycles.